The van der Waals surface area contributed by atoms with E-state index in [1.165, 1.54) is 132 Å². The lowest BCUT2D eigenvalue weighted by molar-refractivity contribution is 0.0809. The molecule has 0 atom stereocenters. The van der Waals surface area contributed by atoms with Crippen molar-refractivity contribution < 1.29 is 85.5 Å². The van der Waals surface area contributed by atoms with Crippen molar-refractivity contribution in [3.05, 3.63) is 191 Å². The maximum Gasteiger partial charge on any atom is 0.333 e. The molecule has 0 bridgehead atoms. The molecule has 1 aliphatic rings. The molecule has 49 heteroatoms. The third-order valence-electron chi connectivity index (χ3n) is 20.4. The Kier molecular flexibility index (Phi) is 33.2. The van der Waals surface area contributed by atoms with Crippen LogP contribution in [0.15, 0.2) is 149 Å². The highest BCUT2D eigenvalue weighted by Crippen LogP contribution is 2.40. The molecule has 1 aliphatic heterocycles. The lowest BCUT2D eigenvalue weighted by atomic mass is 9.86. The average Bonchev–Trinajstić information content (AvgIpc) is 1.36. The van der Waals surface area contributed by atoms with Gasteiger partial charge < -0.3 is 45.6 Å². The van der Waals surface area contributed by atoms with Crippen molar-refractivity contribution in [2.45, 2.75) is 118 Å². The summed E-state index contributed by atoms with van der Waals surface area (Å²) in [4.78, 5) is 113. The van der Waals surface area contributed by atoms with Gasteiger partial charge in [-0.15, -0.1) is 0 Å². The van der Waals surface area contributed by atoms with Crippen LogP contribution in [0, 0.1) is 11.6 Å². The number of nitrogens with one attached hydrogen (secondary N) is 8. The summed E-state index contributed by atoms with van der Waals surface area (Å²) in [6, 6.07) is 16.7. The summed E-state index contributed by atoms with van der Waals surface area (Å²) >= 11 is 0. The topological polar surface area (TPSA) is 524 Å². The van der Waals surface area contributed by atoms with Crippen LogP contribution in [-0.2, 0) is 87.1 Å². The summed E-state index contributed by atoms with van der Waals surface area (Å²) in [5.74, 6) is -2.85. The number of hydrogen-bond donors (Lipinski definition) is 8. The quantitative estimate of drug-likeness (QED) is 0.0279. The third-order valence-corrected chi connectivity index (χ3v) is 25.2. The summed E-state index contributed by atoms with van der Waals surface area (Å²) in [6.45, 7) is 16.2. The number of sulfonamides is 4. The van der Waals surface area contributed by atoms with E-state index in [2.05, 4.69) is 61.8 Å². The van der Waals surface area contributed by atoms with Crippen molar-refractivity contribution in [3.8, 4) is 33.4 Å². The van der Waals surface area contributed by atoms with Gasteiger partial charge >= 0.3 is 24.1 Å². The van der Waals surface area contributed by atoms with Crippen molar-refractivity contribution in [1.82, 2.24) is 107 Å². The summed E-state index contributed by atoms with van der Waals surface area (Å²) < 4.78 is 152. The molecule has 4 aromatic carbocycles. The number of anilines is 4. The second-order valence-corrected chi connectivity index (χ2v) is 39.4. The highest BCUT2D eigenvalue weighted by molar-refractivity contribution is 7.90. The molecule has 0 spiro atoms. The Balaban J connectivity index is 0.000000201. The van der Waals surface area contributed by atoms with Gasteiger partial charge in [0.25, 0.3) is 63.7 Å². The van der Waals surface area contributed by atoms with Crippen LogP contribution in [0.25, 0.3) is 33.4 Å². The lowest BCUT2D eigenvalue weighted by Crippen LogP contribution is -2.35. The average molecular weight is 1930 g/mol. The predicted molar refractivity (Wildman–Crippen MR) is 493 cm³/mol. The van der Waals surface area contributed by atoms with E-state index in [0.29, 0.717) is 70.9 Å². The van der Waals surface area contributed by atoms with Gasteiger partial charge in [-0.05, 0) is 118 Å². The first kappa shape index (κ1) is 104. The number of halogens is 2. The molecule has 8 N–H and O–H groups in total. The number of urea groups is 4. The molecule has 1 saturated heterocycles. The predicted octanol–water partition coefficient (Wildman–Crippen LogP) is 9.45. The summed E-state index contributed by atoms with van der Waals surface area (Å²) in [5.41, 5.74) is 9.17. The van der Waals surface area contributed by atoms with Crippen molar-refractivity contribution in [3.63, 3.8) is 0 Å². The van der Waals surface area contributed by atoms with Gasteiger partial charge in [-0.25, -0.2) is 56.8 Å². The molecule has 1 fully saturated rings. The van der Waals surface area contributed by atoms with Gasteiger partial charge in [-0.2, -0.15) is 64.3 Å². The number of carbonyl (C=O) groups excluding carboxylic acids is 8. The highest BCUT2D eigenvalue weighted by Gasteiger charge is 2.33. The number of rotatable bonds is 24. The van der Waals surface area contributed by atoms with Gasteiger partial charge in [0.15, 0.2) is 20.1 Å². The zero-order valence-corrected chi connectivity index (χ0v) is 81.0. The Hall–Kier alpha value is -14.2. The molecular weight excluding hydrogens is 1820 g/mol. The van der Waals surface area contributed by atoms with E-state index in [4.69, 9.17) is 4.74 Å². The number of aryl methyl sites for hydroxylation is 6. The molecule has 12 amide bonds. The molecule has 43 nitrogen and oxygen atoms in total. The Morgan fingerprint density at radius 2 is 0.694 bits per heavy atom. The van der Waals surface area contributed by atoms with Crippen molar-refractivity contribution in [2.75, 3.05) is 90.9 Å². The molecular formula is C85H108F2N26O17S4. The number of benzene rings is 4. The Morgan fingerprint density at radius 3 is 1.02 bits per heavy atom. The van der Waals surface area contributed by atoms with Gasteiger partial charge in [0.05, 0.1) is 18.1 Å². The second kappa shape index (κ2) is 43.0. The number of carbonyl (C=O) groups is 8. The first-order chi connectivity index (χ1) is 62.6. The smallest absolute Gasteiger partial charge is 0.333 e. The summed E-state index contributed by atoms with van der Waals surface area (Å²) in [5, 5.41) is 32.3. The Bertz CT molecular complexity index is 6730. The van der Waals surface area contributed by atoms with E-state index in [1.807, 2.05) is 105 Å². The number of amides is 12. The molecule has 718 valence electrons. The van der Waals surface area contributed by atoms with E-state index in [0.717, 1.165) is 76.4 Å². The fourth-order valence-electron chi connectivity index (χ4n) is 13.6. The zero-order chi connectivity index (χ0) is 99.4. The summed E-state index contributed by atoms with van der Waals surface area (Å²) in [7, 11) is 4.09. The fraction of sp³-hybridized carbons (Fsp3) is 0.365. The van der Waals surface area contributed by atoms with Crippen molar-refractivity contribution in [2.24, 2.45) is 42.3 Å². The van der Waals surface area contributed by atoms with Crippen LogP contribution in [0.3, 0.4) is 0 Å². The van der Waals surface area contributed by atoms with Crippen molar-refractivity contribution >= 4 is 111 Å². The largest absolute Gasteiger partial charge is 0.381 e. The second-order valence-electron chi connectivity index (χ2n) is 32.9. The van der Waals surface area contributed by atoms with Crippen LogP contribution < -0.4 is 40.2 Å². The fourth-order valence-corrected chi connectivity index (χ4v) is 17.2. The normalized spacial score (nSPS) is 12.3. The molecule has 12 rings (SSSR count). The molecule has 134 heavy (non-hydrogen) atoms. The zero-order valence-electron chi connectivity index (χ0n) is 77.7. The number of hydrogen-bond acceptors (Lipinski definition) is 25. The maximum atomic E-state index is 14.4. The molecule has 0 radical (unpaired) electrons. The molecule has 8 heterocycles. The van der Waals surface area contributed by atoms with Crippen molar-refractivity contribution in [1.29, 1.82) is 0 Å². The lowest BCUT2D eigenvalue weighted by Gasteiger charge is -2.27. The SMILES string of the molecule is CC(C)c1cc(F)cc(-c2cnn(C)c2)c1NC(=O)NS(=O)(=O)c1cc(C(=O)N(C)C)n(C)n1.CC(C)c1cc(F)cc(C2CCOCC2)c1NC(=O)NS(=O)(=O)c1cc(C(=O)N(C)C)n(C)n1.CC(C)c1ccc(-c2cncnc2)cc1NC(=O)NS(=O)(=O)c1cc(C(=O)N(C)C)n(C)n1.CC(C)c1ccc(-c2cnn(C)c2)cc1NC(=O)NS(=O)(=O)c1cc(C(=O)N(C)C)n(C)n1. The Labute approximate surface area is 774 Å². The van der Waals surface area contributed by atoms with Crippen LogP contribution in [0.1, 0.15) is 168 Å². The van der Waals surface area contributed by atoms with E-state index in [1.54, 1.807) is 69.8 Å². The van der Waals surface area contributed by atoms with Gasteiger partial charge in [0, 0.05) is 200 Å². The molecule has 0 aliphatic carbocycles. The molecule has 11 aromatic rings. The van der Waals surface area contributed by atoms with E-state index in [9.17, 15) is 80.8 Å². The highest BCUT2D eigenvalue weighted by atomic mass is 32.2. The number of aromatic nitrogens is 14. The first-order valence-electron chi connectivity index (χ1n) is 41.2. The first-order valence-corrected chi connectivity index (χ1v) is 47.2. The van der Waals surface area contributed by atoms with Crippen LogP contribution in [0.5, 0.6) is 0 Å². The van der Waals surface area contributed by atoms with E-state index in [-0.39, 0.29) is 58.1 Å². The van der Waals surface area contributed by atoms with Gasteiger partial charge in [0.2, 0.25) is 0 Å². The molecule has 0 saturated carbocycles. The minimum atomic E-state index is -4.41. The standard InChI is InChI=1S/C22H30FN5O5S.C21H26FN7O4S.C21H27N7O4S.C21H25N7O4S/c1-13(2)16-10-15(23)11-17(14-6-8-33-9-7-14)20(16)24-22(30)26-34(31,32)19-12-18(28(5)25-19)21(29)27(3)4;1-12(2)15-7-14(22)8-16(13-10-23-28(5)11-13)19(15)24-21(31)26-34(32,33)18-9-17(29(6)25-18)20(30)27(3)4;1-13(2)16-8-7-14(15-11-22-27(5)12-15)9-17(16)23-21(30)25-33(31,32)19-10-18(28(6)24-19)20(29)26(3)4;1-13(2)16-7-6-14(15-10-22-12-23-11-15)8-17(16)24-21(30)26-33(31,32)19-9-18(28(5)25-19)20(29)27(3)4/h10-14H,6-9H2,1-5H3,(H2,24,26,30);7-12H,1-6H3,(H2,24,26,31);7-13H,1-6H3,(H2,23,25,30);6-13H,1-5H3,(H2,24,26,30). The van der Waals surface area contributed by atoms with Gasteiger partial charge in [-0.1, -0.05) is 79.7 Å². The van der Waals surface area contributed by atoms with Crippen LogP contribution >= 0.6 is 0 Å². The van der Waals surface area contributed by atoms with E-state index >= 15 is 0 Å². The Morgan fingerprint density at radius 1 is 0.381 bits per heavy atom. The summed E-state index contributed by atoms with van der Waals surface area (Å²) in [6.07, 6.45) is 12.7. The molecule has 0 unspecified atom stereocenters. The molecule has 7 aromatic heterocycles. The van der Waals surface area contributed by atoms with Crippen LogP contribution in [0.4, 0.5) is 50.7 Å². The van der Waals surface area contributed by atoms with Gasteiger partial charge in [0.1, 0.15) is 40.7 Å². The van der Waals surface area contributed by atoms with Crippen LogP contribution in [0.2, 0.25) is 0 Å². The van der Waals surface area contributed by atoms with Crippen LogP contribution in [-0.4, -0.2) is 239 Å². The monoisotopic (exact) mass is 1930 g/mol. The minimum absolute atomic E-state index is 0.0327. The van der Waals surface area contributed by atoms with Gasteiger partial charge in [-0.3, -0.25) is 47.3 Å². The third kappa shape index (κ3) is 25.8. The maximum absolute atomic E-state index is 14.4. The minimum Gasteiger partial charge on any atom is -0.381 e. The number of ether oxygens (including phenoxy) is 1. The van der Waals surface area contributed by atoms with E-state index < -0.39 is 120 Å². The number of nitrogens with zero attached hydrogens (tertiary/aromatic N) is 18.